The van der Waals surface area contributed by atoms with E-state index in [1.54, 1.807) is 10.9 Å². The molecule has 0 aliphatic heterocycles. The molecule has 3 rings (SSSR count). The van der Waals surface area contributed by atoms with E-state index in [1.165, 1.54) is 5.56 Å². The van der Waals surface area contributed by atoms with Crippen LogP contribution >= 0.6 is 31.9 Å². The maximum Gasteiger partial charge on any atom is 0.293 e. The van der Waals surface area contributed by atoms with Crippen LogP contribution in [0, 0.1) is 6.92 Å². The third-order valence-electron chi connectivity index (χ3n) is 3.98. The zero-order valence-electron chi connectivity index (χ0n) is 14.9. The molecule has 27 heavy (non-hydrogen) atoms. The Morgan fingerprint density at radius 3 is 2.44 bits per heavy atom. The van der Waals surface area contributed by atoms with Crippen molar-refractivity contribution in [3.8, 4) is 0 Å². The predicted octanol–water partition coefficient (Wildman–Crippen LogP) is 4.92. The van der Waals surface area contributed by atoms with E-state index >= 15 is 0 Å². The largest absolute Gasteiger partial charge is 0.293 e. The molecular formula is C20H18Br2N4O. The summed E-state index contributed by atoms with van der Waals surface area (Å²) in [6.45, 7) is 4.46. The molecule has 1 heterocycles. The number of hydrazone groups is 1. The van der Waals surface area contributed by atoms with Crippen LogP contribution in [0.4, 0.5) is 0 Å². The maximum absolute atomic E-state index is 12.4. The number of hydrogen-bond acceptors (Lipinski definition) is 3. The Labute approximate surface area is 174 Å². The topological polar surface area (TPSA) is 59.3 Å². The molecule has 0 aliphatic rings. The number of rotatable bonds is 5. The number of carbonyl (C=O) groups is 1. The smallest absolute Gasteiger partial charge is 0.266 e. The molecule has 0 spiro atoms. The molecule has 2 aromatic carbocycles. The highest BCUT2D eigenvalue weighted by atomic mass is 79.9. The first kappa shape index (κ1) is 19.5. The van der Waals surface area contributed by atoms with E-state index in [4.69, 9.17) is 0 Å². The standard InChI is InChI=1S/C20H18Br2N4O/c1-13-3-7-16(8-4-13)14(2)23-24-20(27)19-18(22)12-26(25-19)11-15-5-9-17(21)10-6-15/h3-10,12H,11H2,1-2H3,(H,24,27). The van der Waals surface area contributed by atoms with Gasteiger partial charge in [-0.2, -0.15) is 10.2 Å². The first-order valence-electron chi connectivity index (χ1n) is 8.31. The van der Waals surface area contributed by atoms with Crippen molar-refractivity contribution in [2.75, 3.05) is 0 Å². The fourth-order valence-corrected chi connectivity index (χ4v) is 3.22. The number of aromatic nitrogens is 2. The van der Waals surface area contributed by atoms with E-state index < -0.39 is 0 Å². The van der Waals surface area contributed by atoms with Crippen LogP contribution in [0.1, 0.15) is 34.1 Å². The van der Waals surface area contributed by atoms with Crippen molar-refractivity contribution in [2.24, 2.45) is 5.10 Å². The van der Waals surface area contributed by atoms with Gasteiger partial charge in [0.1, 0.15) is 0 Å². The van der Waals surface area contributed by atoms with E-state index in [0.717, 1.165) is 21.3 Å². The van der Waals surface area contributed by atoms with Gasteiger partial charge in [0.05, 0.1) is 16.7 Å². The van der Waals surface area contributed by atoms with Gasteiger partial charge in [-0.3, -0.25) is 9.48 Å². The Morgan fingerprint density at radius 1 is 1.11 bits per heavy atom. The molecule has 1 amide bonds. The maximum atomic E-state index is 12.4. The Hall–Kier alpha value is -2.25. The molecular weight excluding hydrogens is 472 g/mol. The number of amides is 1. The number of hydrogen-bond donors (Lipinski definition) is 1. The van der Waals surface area contributed by atoms with Crippen LogP contribution in [0.3, 0.4) is 0 Å². The normalized spacial score (nSPS) is 11.5. The average molecular weight is 490 g/mol. The molecule has 0 atom stereocenters. The van der Waals surface area contributed by atoms with E-state index in [1.807, 2.05) is 62.4 Å². The zero-order chi connectivity index (χ0) is 19.4. The average Bonchev–Trinajstić information content (AvgIpc) is 3.02. The molecule has 1 aromatic heterocycles. The van der Waals surface area contributed by atoms with Crippen molar-refractivity contribution in [3.05, 3.63) is 86.1 Å². The third kappa shape index (κ3) is 5.14. The molecule has 0 saturated heterocycles. The van der Waals surface area contributed by atoms with E-state index in [9.17, 15) is 4.79 Å². The molecule has 1 N–H and O–H groups in total. The Morgan fingerprint density at radius 2 is 1.78 bits per heavy atom. The first-order valence-corrected chi connectivity index (χ1v) is 9.90. The molecule has 7 heteroatoms. The summed E-state index contributed by atoms with van der Waals surface area (Å²) in [5.74, 6) is -0.358. The minimum absolute atomic E-state index is 0.299. The lowest BCUT2D eigenvalue weighted by atomic mass is 10.1. The summed E-state index contributed by atoms with van der Waals surface area (Å²) in [5, 5.41) is 8.55. The van der Waals surface area contributed by atoms with Crippen LogP contribution in [-0.4, -0.2) is 21.4 Å². The van der Waals surface area contributed by atoms with Crippen LogP contribution in [0.25, 0.3) is 0 Å². The monoisotopic (exact) mass is 488 g/mol. The van der Waals surface area contributed by atoms with Gasteiger partial charge < -0.3 is 0 Å². The molecule has 0 bridgehead atoms. The number of nitrogens with zero attached hydrogens (tertiary/aromatic N) is 3. The minimum Gasteiger partial charge on any atom is -0.266 e. The van der Waals surface area contributed by atoms with E-state index in [2.05, 4.69) is 47.5 Å². The summed E-state index contributed by atoms with van der Waals surface area (Å²) >= 11 is 6.82. The summed E-state index contributed by atoms with van der Waals surface area (Å²) < 4.78 is 3.37. The fraction of sp³-hybridized carbons (Fsp3) is 0.150. The summed E-state index contributed by atoms with van der Waals surface area (Å²) in [6, 6.07) is 15.9. The second kappa shape index (κ2) is 8.63. The number of benzene rings is 2. The van der Waals surface area contributed by atoms with Crippen molar-refractivity contribution in [2.45, 2.75) is 20.4 Å². The highest BCUT2D eigenvalue weighted by Gasteiger charge is 2.15. The van der Waals surface area contributed by atoms with Gasteiger partial charge in [0.2, 0.25) is 0 Å². The molecule has 0 radical (unpaired) electrons. The van der Waals surface area contributed by atoms with Crippen LogP contribution in [0.5, 0.6) is 0 Å². The van der Waals surface area contributed by atoms with Crippen molar-refractivity contribution in [1.29, 1.82) is 0 Å². The quantitative estimate of drug-likeness (QED) is 0.408. The van der Waals surface area contributed by atoms with Crippen LogP contribution in [0.2, 0.25) is 0 Å². The van der Waals surface area contributed by atoms with Gasteiger partial charge >= 0.3 is 0 Å². The van der Waals surface area contributed by atoms with Gasteiger partial charge in [-0.25, -0.2) is 5.43 Å². The number of nitrogens with one attached hydrogen (secondary N) is 1. The molecule has 0 saturated carbocycles. The van der Waals surface area contributed by atoms with Gasteiger partial charge in [0, 0.05) is 10.7 Å². The lowest BCUT2D eigenvalue weighted by Crippen LogP contribution is -2.20. The molecule has 3 aromatic rings. The third-order valence-corrected chi connectivity index (χ3v) is 5.09. The van der Waals surface area contributed by atoms with E-state index in [0.29, 0.717) is 16.7 Å². The summed E-state index contributed by atoms with van der Waals surface area (Å²) in [7, 11) is 0. The molecule has 5 nitrogen and oxygen atoms in total. The van der Waals surface area contributed by atoms with Crippen LogP contribution in [0.15, 0.2) is 68.8 Å². The Bertz CT molecular complexity index is 976. The molecule has 0 fully saturated rings. The highest BCUT2D eigenvalue weighted by molar-refractivity contribution is 9.10. The summed E-state index contributed by atoms with van der Waals surface area (Å²) in [5.41, 5.74) is 6.83. The van der Waals surface area contributed by atoms with E-state index in [-0.39, 0.29) is 5.91 Å². The summed E-state index contributed by atoms with van der Waals surface area (Å²) in [4.78, 5) is 12.4. The SMILES string of the molecule is CC(=NNC(=O)c1nn(Cc2ccc(Br)cc2)cc1Br)c1ccc(C)cc1. The summed E-state index contributed by atoms with van der Waals surface area (Å²) in [6.07, 6.45) is 1.79. The van der Waals surface area contributed by atoms with Crippen LogP contribution in [-0.2, 0) is 6.54 Å². The second-order valence-electron chi connectivity index (χ2n) is 6.15. The lowest BCUT2D eigenvalue weighted by molar-refractivity contribution is 0.0948. The molecule has 0 aliphatic carbocycles. The van der Waals surface area contributed by atoms with Crippen molar-refractivity contribution >= 4 is 43.5 Å². The molecule has 0 unspecified atom stereocenters. The minimum atomic E-state index is -0.358. The lowest BCUT2D eigenvalue weighted by Gasteiger charge is -2.03. The number of aryl methyl sites for hydroxylation is 1. The first-order chi connectivity index (χ1) is 12.9. The number of carbonyl (C=O) groups excluding carboxylic acids is 1. The van der Waals surface area contributed by atoms with Crippen molar-refractivity contribution in [3.63, 3.8) is 0 Å². The zero-order valence-corrected chi connectivity index (χ0v) is 18.1. The van der Waals surface area contributed by atoms with Gasteiger partial charge in [0.25, 0.3) is 5.91 Å². The van der Waals surface area contributed by atoms with Gasteiger partial charge in [-0.05, 0) is 53.0 Å². The molecule has 138 valence electrons. The Kier molecular flexibility index (Phi) is 6.23. The van der Waals surface area contributed by atoms with Crippen LogP contribution < -0.4 is 5.43 Å². The second-order valence-corrected chi connectivity index (χ2v) is 7.92. The fourth-order valence-electron chi connectivity index (χ4n) is 2.46. The van der Waals surface area contributed by atoms with Gasteiger partial charge in [-0.1, -0.05) is 57.9 Å². The number of halogens is 2. The predicted molar refractivity (Wildman–Crippen MR) is 114 cm³/mol. The van der Waals surface area contributed by atoms with Gasteiger partial charge in [-0.15, -0.1) is 0 Å². The van der Waals surface area contributed by atoms with Gasteiger partial charge in [0.15, 0.2) is 5.69 Å². The highest BCUT2D eigenvalue weighted by Crippen LogP contribution is 2.17. The Balaban J connectivity index is 1.69. The van der Waals surface area contributed by atoms with Crippen molar-refractivity contribution < 1.29 is 4.79 Å². The van der Waals surface area contributed by atoms with Crippen molar-refractivity contribution in [1.82, 2.24) is 15.2 Å².